The van der Waals surface area contributed by atoms with Gasteiger partial charge in [0.2, 0.25) is 0 Å². The van der Waals surface area contributed by atoms with Crippen LogP contribution in [0.25, 0.3) is 67.2 Å². The molecule has 0 N–H and O–H groups in total. The van der Waals surface area contributed by atoms with Gasteiger partial charge in [-0.05, 0) is 48.0 Å². The van der Waals surface area contributed by atoms with Gasteiger partial charge < -0.3 is 14.2 Å². The largest absolute Gasteiger partial charge is 0.453 e. The molecular formula is C51H33N5O. The van der Waals surface area contributed by atoms with Gasteiger partial charge in [0.25, 0.3) is 0 Å². The Labute approximate surface area is 329 Å². The van der Waals surface area contributed by atoms with Gasteiger partial charge in [-0.15, -0.1) is 0 Å². The third-order valence-electron chi connectivity index (χ3n) is 10.6. The summed E-state index contributed by atoms with van der Waals surface area (Å²) in [5, 5.41) is 2.08. The summed E-state index contributed by atoms with van der Waals surface area (Å²) < 4.78 is 7.13. The van der Waals surface area contributed by atoms with Crippen molar-refractivity contribution in [1.82, 2.24) is 15.0 Å². The molecule has 0 radical (unpaired) electrons. The van der Waals surface area contributed by atoms with Crippen LogP contribution >= 0.6 is 0 Å². The van der Waals surface area contributed by atoms with Gasteiger partial charge in [0, 0.05) is 38.7 Å². The molecular weight excluding hydrogens is 699 g/mol. The lowest BCUT2D eigenvalue weighted by Gasteiger charge is -2.40. The lowest BCUT2D eigenvalue weighted by Crippen LogP contribution is -2.23. The molecule has 6 nitrogen and oxygen atoms in total. The molecule has 0 saturated heterocycles. The van der Waals surface area contributed by atoms with Crippen LogP contribution in [0.1, 0.15) is 0 Å². The average Bonchev–Trinajstić information content (AvgIpc) is 3.68. The van der Waals surface area contributed by atoms with Crippen molar-refractivity contribution < 1.29 is 4.42 Å². The summed E-state index contributed by atoms with van der Waals surface area (Å²) in [4.78, 5) is 19.8. The van der Waals surface area contributed by atoms with Crippen molar-refractivity contribution in [2.24, 2.45) is 0 Å². The monoisotopic (exact) mass is 731 g/mol. The molecule has 2 aromatic heterocycles. The summed E-state index contributed by atoms with van der Waals surface area (Å²) in [7, 11) is 0. The molecule has 6 heteroatoms. The number of anilines is 6. The number of nitrogens with zero attached hydrogens (tertiary/aromatic N) is 5. The maximum atomic E-state index is 7.13. The van der Waals surface area contributed by atoms with E-state index in [1.807, 2.05) is 66.7 Å². The molecule has 3 heterocycles. The van der Waals surface area contributed by atoms with Crippen LogP contribution in [-0.2, 0) is 0 Å². The molecule has 57 heavy (non-hydrogen) atoms. The van der Waals surface area contributed by atoms with Crippen LogP contribution < -0.4 is 9.80 Å². The van der Waals surface area contributed by atoms with E-state index < -0.39 is 0 Å². The summed E-state index contributed by atoms with van der Waals surface area (Å²) in [5.74, 6) is 1.83. The third kappa shape index (κ3) is 5.46. The zero-order valence-corrected chi connectivity index (χ0v) is 30.7. The van der Waals surface area contributed by atoms with E-state index in [0.29, 0.717) is 17.5 Å². The van der Waals surface area contributed by atoms with Crippen LogP contribution in [0.3, 0.4) is 0 Å². The van der Waals surface area contributed by atoms with Crippen LogP contribution in [0.2, 0.25) is 0 Å². The van der Waals surface area contributed by atoms with E-state index in [0.717, 1.165) is 83.9 Å². The number of benzene rings is 8. The van der Waals surface area contributed by atoms with Crippen molar-refractivity contribution in [3.63, 3.8) is 0 Å². The maximum absolute atomic E-state index is 7.13. The van der Waals surface area contributed by atoms with Crippen molar-refractivity contribution in [1.29, 1.82) is 0 Å². The average molecular weight is 732 g/mol. The summed E-state index contributed by atoms with van der Waals surface area (Å²) in [5.41, 5.74) is 12.7. The second-order valence-corrected chi connectivity index (χ2v) is 14.0. The smallest absolute Gasteiger partial charge is 0.164 e. The summed E-state index contributed by atoms with van der Waals surface area (Å²) >= 11 is 0. The topological polar surface area (TPSA) is 58.3 Å². The number of hydrogen-bond acceptors (Lipinski definition) is 6. The minimum absolute atomic E-state index is 0.594. The maximum Gasteiger partial charge on any atom is 0.164 e. The molecule has 11 rings (SSSR count). The van der Waals surface area contributed by atoms with Crippen molar-refractivity contribution in [2.75, 3.05) is 9.80 Å². The highest BCUT2D eigenvalue weighted by Gasteiger charge is 2.32. The van der Waals surface area contributed by atoms with Gasteiger partial charge in [0.1, 0.15) is 5.58 Å². The van der Waals surface area contributed by atoms with Crippen LogP contribution in [-0.4, -0.2) is 15.0 Å². The van der Waals surface area contributed by atoms with Gasteiger partial charge in [-0.2, -0.15) is 0 Å². The summed E-state index contributed by atoms with van der Waals surface area (Å²) in [6.07, 6.45) is 0. The zero-order valence-electron chi connectivity index (χ0n) is 30.7. The quantitative estimate of drug-likeness (QED) is 0.170. The highest BCUT2D eigenvalue weighted by molar-refractivity contribution is 6.15. The van der Waals surface area contributed by atoms with E-state index in [1.54, 1.807) is 0 Å². The predicted octanol–water partition coefficient (Wildman–Crippen LogP) is 13.7. The molecule has 268 valence electrons. The van der Waals surface area contributed by atoms with Crippen molar-refractivity contribution in [3.05, 3.63) is 200 Å². The van der Waals surface area contributed by atoms with E-state index in [1.165, 1.54) is 0 Å². The van der Waals surface area contributed by atoms with Crippen molar-refractivity contribution in [3.8, 4) is 45.3 Å². The van der Waals surface area contributed by atoms with Crippen molar-refractivity contribution >= 4 is 56.1 Å². The Balaban J connectivity index is 1.10. The fraction of sp³-hybridized carbons (Fsp3) is 0. The molecule has 0 amide bonds. The molecule has 1 aliphatic heterocycles. The predicted molar refractivity (Wildman–Crippen MR) is 232 cm³/mol. The first-order valence-corrected chi connectivity index (χ1v) is 19.0. The lowest BCUT2D eigenvalue weighted by atomic mass is 9.97. The second-order valence-electron chi connectivity index (χ2n) is 14.0. The molecule has 1 aliphatic rings. The Bertz CT molecular complexity index is 2980. The summed E-state index contributed by atoms with van der Waals surface area (Å²) in [6, 6.07) is 69.0. The molecule has 0 saturated carbocycles. The Morgan fingerprint density at radius 1 is 0.298 bits per heavy atom. The Morgan fingerprint density at radius 2 is 0.719 bits per heavy atom. The molecule has 8 aromatic carbocycles. The van der Waals surface area contributed by atoms with Gasteiger partial charge in [0.15, 0.2) is 23.1 Å². The molecule has 0 spiro atoms. The normalized spacial score (nSPS) is 12.1. The van der Waals surface area contributed by atoms with E-state index in [4.69, 9.17) is 19.4 Å². The molecule has 0 bridgehead atoms. The molecule has 0 atom stereocenters. The summed E-state index contributed by atoms with van der Waals surface area (Å²) in [6.45, 7) is 0. The van der Waals surface area contributed by atoms with Crippen molar-refractivity contribution in [2.45, 2.75) is 0 Å². The fourth-order valence-corrected chi connectivity index (χ4v) is 8.09. The molecule has 0 fully saturated rings. The fourth-order valence-electron chi connectivity index (χ4n) is 8.09. The van der Waals surface area contributed by atoms with Crippen LogP contribution in [0.15, 0.2) is 205 Å². The third-order valence-corrected chi connectivity index (χ3v) is 10.6. The highest BCUT2D eigenvalue weighted by Crippen LogP contribution is 2.55. The van der Waals surface area contributed by atoms with Crippen LogP contribution in [0.5, 0.6) is 0 Å². The number of para-hydroxylation sites is 7. The van der Waals surface area contributed by atoms with Gasteiger partial charge in [-0.1, -0.05) is 158 Å². The Kier molecular flexibility index (Phi) is 7.71. The number of rotatable bonds is 6. The molecule has 10 aromatic rings. The Morgan fingerprint density at radius 3 is 1.32 bits per heavy atom. The zero-order chi connectivity index (χ0) is 37.7. The number of fused-ring (bicyclic) bond motifs is 5. The van der Waals surface area contributed by atoms with Gasteiger partial charge in [-0.25, -0.2) is 15.0 Å². The number of aromatic nitrogens is 3. The van der Waals surface area contributed by atoms with Gasteiger partial charge in [-0.3, -0.25) is 0 Å². The van der Waals surface area contributed by atoms with Gasteiger partial charge >= 0.3 is 0 Å². The van der Waals surface area contributed by atoms with E-state index in [2.05, 4.69) is 143 Å². The SMILES string of the molecule is c1ccc(-c2nc(-c3ccccc3)nc(-c3ccccc3-c3cccc4c3oc3c(N5c6ccccc6N(c6ccccc6)c6ccccc65)cccc34)n2)cc1. The van der Waals surface area contributed by atoms with Crippen LogP contribution in [0, 0.1) is 0 Å². The van der Waals surface area contributed by atoms with E-state index in [9.17, 15) is 0 Å². The second kappa shape index (κ2) is 13.5. The van der Waals surface area contributed by atoms with E-state index >= 15 is 0 Å². The highest BCUT2D eigenvalue weighted by atomic mass is 16.3. The first-order chi connectivity index (χ1) is 28.3. The first-order valence-electron chi connectivity index (χ1n) is 19.0. The Hall–Kier alpha value is -7.83. The minimum atomic E-state index is 0.594. The molecule has 0 unspecified atom stereocenters. The standard InChI is InChI=1S/C51H33N5O/c1-4-18-34(19-5-1)49-52-50(35-20-6-2-7-21-35)54-51(53-49)41-25-11-10-24-37(41)38-26-16-27-39-40-28-17-33-46(48(40)57-47(38)39)56-44-31-14-12-29-42(44)55(36-22-8-3-9-23-36)43-30-13-15-32-45(43)56/h1-33H. The first kappa shape index (κ1) is 32.6. The minimum Gasteiger partial charge on any atom is -0.453 e. The van der Waals surface area contributed by atoms with Crippen LogP contribution in [0.4, 0.5) is 34.1 Å². The number of hydrogen-bond donors (Lipinski definition) is 0. The van der Waals surface area contributed by atoms with Gasteiger partial charge in [0.05, 0.1) is 28.4 Å². The number of furan rings is 1. The van der Waals surface area contributed by atoms with E-state index in [-0.39, 0.29) is 0 Å². The molecule has 0 aliphatic carbocycles. The lowest BCUT2D eigenvalue weighted by molar-refractivity contribution is 0.670.